The fourth-order valence-electron chi connectivity index (χ4n) is 2.05. The van der Waals surface area contributed by atoms with Crippen molar-refractivity contribution in [3.63, 3.8) is 0 Å². The summed E-state index contributed by atoms with van der Waals surface area (Å²) in [5.74, 6) is -0.125. The molecule has 2 aromatic rings. The molecule has 0 unspecified atom stereocenters. The number of hydrogen-bond donors (Lipinski definition) is 3. The van der Waals surface area contributed by atoms with Gasteiger partial charge in [-0.15, -0.1) is 0 Å². The molecule has 1 aromatic carbocycles. The zero-order chi connectivity index (χ0) is 15.8. The van der Waals surface area contributed by atoms with Crippen molar-refractivity contribution in [2.75, 3.05) is 6.54 Å². The molecule has 0 saturated heterocycles. The average Bonchev–Trinajstić information content (AvgIpc) is 3.05. The summed E-state index contributed by atoms with van der Waals surface area (Å²) >= 11 is 0. The zero-order valence-electron chi connectivity index (χ0n) is 12.6. The third kappa shape index (κ3) is 4.73. The normalized spacial score (nSPS) is 10.2. The van der Waals surface area contributed by atoms with Crippen LogP contribution in [0.4, 0.5) is 0 Å². The molecular weight excluding hydrogens is 280 g/mol. The number of aromatic nitrogens is 2. The monoisotopic (exact) mass is 300 g/mol. The van der Waals surface area contributed by atoms with Gasteiger partial charge in [0.1, 0.15) is 0 Å². The molecule has 0 fully saturated rings. The van der Waals surface area contributed by atoms with E-state index >= 15 is 0 Å². The number of amides is 2. The van der Waals surface area contributed by atoms with Gasteiger partial charge in [0.15, 0.2) is 0 Å². The van der Waals surface area contributed by atoms with Gasteiger partial charge in [0, 0.05) is 31.3 Å². The summed E-state index contributed by atoms with van der Waals surface area (Å²) in [6.07, 6.45) is 4.56. The summed E-state index contributed by atoms with van der Waals surface area (Å²) in [6, 6.07) is 7.26. The van der Waals surface area contributed by atoms with Gasteiger partial charge in [-0.2, -0.15) is 5.10 Å². The van der Waals surface area contributed by atoms with Crippen molar-refractivity contribution >= 4 is 11.8 Å². The molecule has 0 bridgehead atoms. The molecule has 0 saturated carbocycles. The van der Waals surface area contributed by atoms with Gasteiger partial charge in [-0.3, -0.25) is 14.7 Å². The van der Waals surface area contributed by atoms with Crippen LogP contribution in [0.1, 0.15) is 34.8 Å². The number of benzene rings is 1. The highest BCUT2D eigenvalue weighted by molar-refractivity contribution is 5.94. The highest BCUT2D eigenvalue weighted by atomic mass is 16.2. The third-order valence-electron chi connectivity index (χ3n) is 3.21. The number of H-pyrrole nitrogens is 1. The van der Waals surface area contributed by atoms with Crippen LogP contribution in [0.25, 0.3) is 0 Å². The number of nitrogens with zero attached hydrogens (tertiary/aromatic N) is 1. The Morgan fingerprint density at radius 3 is 2.82 bits per heavy atom. The maximum Gasteiger partial charge on any atom is 0.251 e. The van der Waals surface area contributed by atoms with Gasteiger partial charge >= 0.3 is 0 Å². The Kier molecular flexibility index (Phi) is 5.71. The first-order valence-electron chi connectivity index (χ1n) is 7.30. The lowest BCUT2D eigenvalue weighted by atomic mass is 10.1. The maximum atomic E-state index is 11.8. The van der Waals surface area contributed by atoms with E-state index in [1.165, 1.54) is 0 Å². The Hall–Kier alpha value is -2.63. The van der Waals surface area contributed by atoms with E-state index in [-0.39, 0.29) is 11.8 Å². The van der Waals surface area contributed by atoms with Gasteiger partial charge in [0.25, 0.3) is 5.91 Å². The SMILES string of the molecule is CCNC(=O)c1cccc(CNC(=O)CCc2cn[nH]c2)c1. The summed E-state index contributed by atoms with van der Waals surface area (Å²) in [5, 5.41) is 12.2. The van der Waals surface area contributed by atoms with Crippen LogP contribution in [-0.4, -0.2) is 28.6 Å². The second-order valence-electron chi connectivity index (χ2n) is 4.94. The number of aryl methyl sites for hydroxylation is 1. The maximum absolute atomic E-state index is 11.8. The third-order valence-corrected chi connectivity index (χ3v) is 3.21. The first kappa shape index (κ1) is 15.8. The Labute approximate surface area is 129 Å². The largest absolute Gasteiger partial charge is 0.352 e. The average molecular weight is 300 g/mol. The molecule has 0 aliphatic rings. The van der Waals surface area contributed by atoms with Crippen molar-refractivity contribution in [3.05, 3.63) is 53.3 Å². The molecule has 2 rings (SSSR count). The summed E-state index contributed by atoms with van der Waals surface area (Å²) in [5.41, 5.74) is 2.51. The number of rotatable bonds is 7. The number of nitrogens with one attached hydrogen (secondary N) is 3. The Balaban J connectivity index is 1.82. The van der Waals surface area contributed by atoms with Gasteiger partial charge in [0.2, 0.25) is 5.91 Å². The second kappa shape index (κ2) is 7.97. The molecule has 6 nitrogen and oxygen atoms in total. The minimum atomic E-state index is -0.101. The predicted octanol–water partition coefficient (Wildman–Crippen LogP) is 1.41. The molecule has 116 valence electrons. The second-order valence-corrected chi connectivity index (χ2v) is 4.94. The van der Waals surface area contributed by atoms with Gasteiger partial charge < -0.3 is 10.6 Å². The fourth-order valence-corrected chi connectivity index (χ4v) is 2.05. The van der Waals surface area contributed by atoms with Crippen LogP contribution in [0.15, 0.2) is 36.7 Å². The topological polar surface area (TPSA) is 86.9 Å². The van der Waals surface area contributed by atoms with Crippen LogP contribution < -0.4 is 10.6 Å². The lowest BCUT2D eigenvalue weighted by Crippen LogP contribution is -2.24. The van der Waals surface area contributed by atoms with Crippen molar-refractivity contribution in [2.45, 2.75) is 26.3 Å². The molecule has 0 atom stereocenters. The molecular formula is C16H20N4O2. The van der Waals surface area contributed by atoms with Crippen molar-refractivity contribution in [1.82, 2.24) is 20.8 Å². The van der Waals surface area contributed by atoms with Gasteiger partial charge in [-0.1, -0.05) is 12.1 Å². The first-order valence-corrected chi connectivity index (χ1v) is 7.30. The van der Waals surface area contributed by atoms with Gasteiger partial charge in [0.05, 0.1) is 6.20 Å². The van der Waals surface area contributed by atoms with E-state index in [0.29, 0.717) is 31.5 Å². The highest BCUT2D eigenvalue weighted by Crippen LogP contribution is 2.06. The predicted molar refractivity (Wildman–Crippen MR) is 83.2 cm³/mol. The van der Waals surface area contributed by atoms with Gasteiger partial charge in [-0.25, -0.2) is 0 Å². The van der Waals surface area contributed by atoms with E-state index in [9.17, 15) is 9.59 Å². The molecule has 3 N–H and O–H groups in total. The van der Waals surface area contributed by atoms with E-state index in [1.807, 2.05) is 19.1 Å². The van der Waals surface area contributed by atoms with Crippen molar-refractivity contribution in [3.8, 4) is 0 Å². The highest BCUT2D eigenvalue weighted by Gasteiger charge is 2.06. The smallest absolute Gasteiger partial charge is 0.251 e. The van der Waals surface area contributed by atoms with E-state index in [0.717, 1.165) is 11.1 Å². The summed E-state index contributed by atoms with van der Waals surface area (Å²) in [7, 11) is 0. The molecule has 22 heavy (non-hydrogen) atoms. The number of hydrogen-bond acceptors (Lipinski definition) is 3. The van der Waals surface area contributed by atoms with E-state index < -0.39 is 0 Å². The minimum Gasteiger partial charge on any atom is -0.352 e. The van der Waals surface area contributed by atoms with Crippen LogP contribution in [0.3, 0.4) is 0 Å². The summed E-state index contributed by atoms with van der Waals surface area (Å²) in [6.45, 7) is 2.88. The lowest BCUT2D eigenvalue weighted by molar-refractivity contribution is -0.121. The minimum absolute atomic E-state index is 0.0235. The molecule has 0 radical (unpaired) electrons. The molecule has 2 amide bonds. The van der Waals surface area contributed by atoms with Crippen LogP contribution in [0.2, 0.25) is 0 Å². The Bertz CT molecular complexity index is 623. The fraction of sp³-hybridized carbons (Fsp3) is 0.312. The standard InChI is InChI=1S/C16H20N4O2/c1-2-17-16(22)14-5-3-4-12(8-14)9-18-15(21)7-6-13-10-19-20-11-13/h3-5,8,10-11H,2,6-7,9H2,1H3,(H,17,22)(H,18,21)(H,19,20). The van der Waals surface area contributed by atoms with Gasteiger partial charge in [-0.05, 0) is 36.6 Å². The molecule has 1 aromatic heterocycles. The number of carbonyl (C=O) groups is 2. The van der Waals surface area contributed by atoms with Crippen LogP contribution >= 0.6 is 0 Å². The lowest BCUT2D eigenvalue weighted by Gasteiger charge is -2.07. The zero-order valence-corrected chi connectivity index (χ0v) is 12.6. The Morgan fingerprint density at radius 1 is 1.23 bits per heavy atom. The van der Waals surface area contributed by atoms with Crippen molar-refractivity contribution in [2.24, 2.45) is 0 Å². The molecule has 0 spiro atoms. The Morgan fingerprint density at radius 2 is 2.09 bits per heavy atom. The van der Waals surface area contributed by atoms with Crippen LogP contribution in [0.5, 0.6) is 0 Å². The number of aromatic amines is 1. The number of carbonyl (C=O) groups excluding carboxylic acids is 2. The van der Waals surface area contributed by atoms with E-state index in [2.05, 4.69) is 20.8 Å². The van der Waals surface area contributed by atoms with Crippen molar-refractivity contribution in [1.29, 1.82) is 0 Å². The molecule has 1 heterocycles. The summed E-state index contributed by atoms with van der Waals surface area (Å²) < 4.78 is 0. The molecule has 0 aliphatic carbocycles. The van der Waals surface area contributed by atoms with Crippen LogP contribution in [0, 0.1) is 0 Å². The van der Waals surface area contributed by atoms with E-state index in [1.54, 1.807) is 24.5 Å². The van der Waals surface area contributed by atoms with Crippen LogP contribution in [-0.2, 0) is 17.8 Å². The summed E-state index contributed by atoms with van der Waals surface area (Å²) in [4.78, 5) is 23.6. The molecule has 0 aliphatic heterocycles. The first-order chi connectivity index (χ1) is 10.7. The quantitative estimate of drug-likeness (QED) is 0.722. The van der Waals surface area contributed by atoms with Crippen molar-refractivity contribution < 1.29 is 9.59 Å². The van der Waals surface area contributed by atoms with E-state index in [4.69, 9.17) is 0 Å². The molecule has 6 heteroatoms.